The van der Waals surface area contributed by atoms with Crippen molar-refractivity contribution in [2.45, 2.75) is 18.8 Å². The van der Waals surface area contributed by atoms with E-state index in [1.807, 2.05) is 0 Å². The molecule has 1 spiro atoms. The van der Waals surface area contributed by atoms with E-state index >= 15 is 0 Å². The van der Waals surface area contributed by atoms with Gasteiger partial charge < -0.3 is 4.90 Å². The Balaban J connectivity index is 1.90. The molecule has 0 saturated carbocycles. The molecule has 0 aromatic carbocycles. The van der Waals surface area contributed by atoms with E-state index in [1.165, 1.54) is 23.2 Å². The van der Waals surface area contributed by atoms with Gasteiger partial charge in [0.15, 0.2) is 11.6 Å². The smallest absolute Gasteiger partial charge is 0.257 e. The standard InChI is InChI=1S/C14H18F3N3O2S/c1-23(21,22)20-8-5-14(16,17)13(10-20)4-7-19(9-13)12-11(15)3-2-6-18-12/h2-3,6H,4-5,7-10H2,1H3/t13-/m0/s1. The predicted octanol–water partition coefficient (Wildman–Crippen LogP) is 1.72. The quantitative estimate of drug-likeness (QED) is 0.816. The van der Waals surface area contributed by atoms with E-state index < -0.39 is 33.6 Å². The number of hydrogen-bond acceptors (Lipinski definition) is 4. The summed E-state index contributed by atoms with van der Waals surface area (Å²) in [5.74, 6) is -3.52. The molecule has 0 N–H and O–H groups in total. The van der Waals surface area contributed by atoms with Crippen molar-refractivity contribution in [1.29, 1.82) is 0 Å². The van der Waals surface area contributed by atoms with E-state index in [1.54, 1.807) is 0 Å². The first-order valence-corrected chi connectivity index (χ1v) is 9.18. The number of aromatic nitrogens is 1. The van der Waals surface area contributed by atoms with Gasteiger partial charge >= 0.3 is 0 Å². The van der Waals surface area contributed by atoms with Crippen molar-refractivity contribution in [2.24, 2.45) is 5.41 Å². The van der Waals surface area contributed by atoms with Gasteiger partial charge in [0.05, 0.1) is 11.7 Å². The summed E-state index contributed by atoms with van der Waals surface area (Å²) in [6.07, 6.45) is 2.02. The van der Waals surface area contributed by atoms with Crippen molar-refractivity contribution in [2.75, 3.05) is 37.3 Å². The van der Waals surface area contributed by atoms with Gasteiger partial charge in [-0.15, -0.1) is 0 Å². The number of rotatable bonds is 2. The Labute approximate surface area is 133 Å². The van der Waals surface area contributed by atoms with Crippen LogP contribution in [-0.4, -0.2) is 56.1 Å². The molecule has 2 aliphatic rings. The van der Waals surface area contributed by atoms with Gasteiger partial charge in [-0.25, -0.2) is 30.9 Å². The molecule has 0 unspecified atom stereocenters. The maximum atomic E-state index is 14.6. The molecule has 0 bridgehead atoms. The molecule has 23 heavy (non-hydrogen) atoms. The highest BCUT2D eigenvalue weighted by molar-refractivity contribution is 7.88. The Kier molecular flexibility index (Phi) is 3.83. The maximum Gasteiger partial charge on any atom is 0.257 e. The third-order valence-electron chi connectivity index (χ3n) is 4.79. The number of sulfonamides is 1. The van der Waals surface area contributed by atoms with Gasteiger partial charge in [-0.3, -0.25) is 0 Å². The Morgan fingerprint density at radius 1 is 1.22 bits per heavy atom. The number of pyridine rings is 1. The van der Waals surface area contributed by atoms with Crippen LogP contribution in [0.1, 0.15) is 12.8 Å². The molecule has 0 aliphatic carbocycles. The number of anilines is 1. The Bertz CT molecular complexity index is 713. The second kappa shape index (κ2) is 5.34. The van der Waals surface area contributed by atoms with E-state index in [2.05, 4.69) is 4.98 Å². The summed E-state index contributed by atoms with van der Waals surface area (Å²) in [6, 6.07) is 2.67. The molecule has 9 heteroatoms. The molecule has 3 heterocycles. The molecule has 0 radical (unpaired) electrons. The summed E-state index contributed by atoms with van der Waals surface area (Å²) in [7, 11) is -3.54. The second-order valence-corrected chi connectivity index (χ2v) is 8.29. The molecule has 1 aromatic rings. The van der Waals surface area contributed by atoms with Crippen molar-refractivity contribution in [1.82, 2.24) is 9.29 Å². The van der Waals surface area contributed by atoms with Crippen LogP contribution in [0, 0.1) is 11.2 Å². The lowest BCUT2D eigenvalue weighted by Gasteiger charge is -2.44. The van der Waals surface area contributed by atoms with Gasteiger partial charge in [-0.05, 0) is 18.6 Å². The summed E-state index contributed by atoms with van der Waals surface area (Å²) >= 11 is 0. The first-order chi connectivity index (χ1) is 10.6. The summed E-state index contributed by atoms with van der Waals surface area (Å²) in [5.41, 5.74) is -1.50. The summed E-state index contributed by atoms with van der Waals surface area (Å²) in [4.78, 5) is 5.41. The predicted molar refractivity (Wildman–Crippen MR) is 79.4 cm³/mol. The summed E-state index contributed by atoms with van der Waals surface area (Å²) in [6.45, 7) is -0.323. The van der Waals surface area contributed by atoms with Crippen LogP contribution in [-0.2, 0) is 10.0 Å². The lowest BCUT2D eigenvalue weighted by molar-refractivity contribution is -0.145. The van der Waals surface area contributed by atoms with Crippen LogP contribution < -0.4 is 4.90 Å². The highest BCUT2D eigenvalue weighted by Gasteiger charge is 2.60. The number of piperidine rings is 1. The molecule has 5 nitrogen and oxygen atoms in total. The molecule has 2 fully saturated rings. The van der Waals surface area contributed by atoms with Gasteiger partial charge in [0.1, 0.15) is 0 Å². The maximum absolute atomic E-state index is 14.6. The minimum absolute atomic E-state index is 0.0386. The topological polar surface area (TPSA) is 53.5 Å². The fraction of sp³-hybridized carbons (Fsp3) is 0.643. The fourth-order valence-corrected chi connectivity index (χ4v) is 4.34. The number of alkyl halides is 2. The Hall–Kier alpha value is -1.35. The normalized spacial score (nSPS) is 28.4. The zero-order valence-electron chi connectivity index (χ0n) is 12.7. The lowest BCUT2D eigenvalue weighted by atomic mass is 9.76. The zero-order chi connectivity index (χ0) is 16.9. The van der Waals surface area contributed by atoms with Crippen molar-refractivity contribution < 1.29 is 21.6 Å². The molecular weight excluding hydrogens is 331 g/mol. The number of hydrogen-bond donors (Lipinski definition) is 0. The van der Waals surface area contributed by atoms with Crippen LogP contribution in [0.2, 0.25) is 0 Å². The van der Waals surface area contributed by atoms with Crippen molar-refractivity contribution in [3.05, 3.63) is 24.1 Å². The highest BCUT2D eigenvalue weighted by atomic mass is 32.2. The van der Waals surface area contributed by atoms with Gasteiger partial charge in [-0.1, -0.05) is 0 Å². The summed E-state index contributed by atoms with van der Waals surface area (Å²) < 4.78 is 67.5. The average Bonchev–Trinajstić information content (AvgIpc) is 2.87. The number of halogens is 3. The van der Waals surface area contributed by atoms with Crippen LogP contribution in [0.4, 0.5) is 19.0 Å². The zero-order valence-corrected chi connectivity index (χ0v) is 13.5. The van der Waals surface area contributed by atoms with Crippen molar-refractivity contribution in [3.63, 3.8) is 0 Å². The molecule has 1 atom stereocenters. The highest BCUT2D eigenvalue weighted by Crippen LogP contribution is 2.50. The Morgan fingerprint density at radius 2 is 1.96 bits per heavy atom. The van der Waals surface area contributed by atoms with Crippen LogP contribution >= 0.6 is 0 Å². The average molecular weight is 349 g/mol. The molecule has 3 rings (SSSR count). The van der Waals surface area contributed by atoms with Gasteiger partial charge in [0.25, 0.3) is 5.92 Å². The Morgan fingerprint density at radius 3 is 2.61 bits per heavy atom. The minimum atomic E-state index is -3.54. The van der Waals surface area contributed by atoms with Gasteiger partial charge in [0.2, 0.25) is 10.0 Å². The van der Waals surface area contributed by atoms with E-state index in [0.29, 0.717) is 0 Å². The first kappa shape index (κ1) is 16.5. The third-order valence-corrected chi connectivity index (χ3v) is 6.04. The first-order valence-electron chi connectivity index (χ1n) is 7.33. The molecule has 2 aliphatic heterocycles. The van der Waals surface area contributed by atoms with E-state index in [4.69, 9.17) is 0 Å². The molecule has 128 valence electrons. The van der Waals surface area contributed by atoms with E-state index in [0.717, 1.165) is 10.6 Å². The minimum Gasteiger partial charge on any atom is -0.353 e. The van der Waals surface area contributed by atoms with Crippen LogP contribution in [0.5, 0.6) is 0 Å². The summed E-state index contributed by atoms with van der Waals surface area (Å²) in [5, 5.41) is 0. The SMILES string of the molecule is CS(=O)(=O)N1CCC(F)(F)[C@]2(CCN(c3ncccc3F)C2)C1. The largest absolute Gasteiger partial charge is 0.353 e. The number of nitrogens with zero attached hydrogens (tertiary/aromatic N) is 3. The van der Waals surface area contributed by atoms with Gasteiger partial charge in [-0.2, -0.15) is 0 Å². The third kappa shape index (κ3) is 2.80. The van der Waals surface area contributed by atoms with Crippen molar-refractivity contribution >= 4 is 15.8 Å². The van der Waals surface area contributed by atoms with Crippen LogP contribution in [0.3, 0.4) is 0 Å². The van der Waals surface area contributed by atoms with Crippen LogP contribution in [0.15, 0.2) is 18.3 Å². The van der Waals surface area contributed by atoms with E-state index in [9.17, 15) is 21.6 Å². The lowest BCUT2D eigenvalue weighted by Crippen LogP contribution is -2.58. The fourth-order valence-electron chi connectivity index (χ4n) is 3.44. The van der Waals surface area contributed by atoms with Crippen molar-refractivity contribution in [3.8, 4) is 0 Å². The van der Waals surface area contributed by atoms with Crippen LogP contribution in [0.25, 0.3) is 0 Å². The second-order valence-electron chi connectivity index (χ2n) is 6.31. The van der Waals surface area contributed by atoms with Gasteiger partial charge in [0, 0.05) is 38.8 Å². The molecule has 1 aromatic heterocycles. The monoisotopic (exact) mass is 349 g/mol. The molecule has 0 amide bonds. The molecular formula is C14H18F3N3O2S. The molecule has 2 saturated heterocycles. The van der Waals surface area contributed by atoms with E-state index in [-0.39, 0.29) is 38.4 Å².